The second-order valence-electron chi connectivity index (χ2n) is 28.1. The Bertz CT molecular complexity index is 5570. The largest absolute Gasteiger partial charge is 0.504 e. The Hall–Kier alpha value is -10.2. The van der Waals surface area contributed by atoms with E-state index in [4.69, 9.17) is 23.3 Å². The molecule has 6 aliphatic rings. The van der Waals surface area contributed by atoms with Gasteiger partial charge in [0.1, 0.15) is 5.82 Å². The van der Waals surface area contributed by atoms with Crippen molar-refractivity contribution in [2.24, 2.45) is 0 Å². The molecule has 16 nitrogen and oxygen atoms in total. The number of benzene rings is 6. The molecule has 0 spiro atoms. The van der Waals surface area contributed by atoms with E-state index in [1.807, 2.05) is 155 Å². The van der Waals surface area contributed by atoms with Gasteiger partial charge in [-0.15, -0.1) is 95.4 Å². The Labute approximate surface area is 675 Å². The number of fused-ring (bicyclic) bond motifs is 6. The zero-order valence-corrected chi connectivity index (χ0v) is 67.9. The van der Waals surface area contributed by atoms with E-state index < -0.39 is 13.1 Å². The average Bonchev–Trinajstić information content (AvgIpc) is 1.48. The van der Waals surface area contributed by atoms with Crippen molar-refractivity contribution in [3.8, 4) is 51.7 Å². The summed E-state index contributed by atoms with van der Waals surface area (Å²) in [6.07, 6.45) is 36.8. The number of nitrogens with zero attached hydrogens (tertiary/aromatic N) is 13. The van der Waals surface area contributed by atoms with Gasteiger partial charge in [-0.1, -0.05) is 108 Å². The summed E-state index contributed by atoms with van der Waals surface area (Å²) >= 11 is 0. The minimum Gasteiger partial charge on any atom is -0.504 e. The predicted octanol–water partition coefficient (Wildman–Crippen LogP) is 17.6. The van der Waals surface area contributed by atoms with Crippen LogP contribution in [0.4, 0.5) is 0 Å². The second kappa shape index (κ2) is 31.7. The first-order valence-electron chi connectivity index (χ1n) is 36.0. The predicted molar refractivity (Wildman–Crippen MR) is 407 cm³/mol. The van der Waals surface area contributed by atoms with Gasteiger partial charge in [0.05, 0.1) is 23.7 Å². The van der Waals surface area contributed by atoms with Crippen molar-refractivity contribution < 1.29 is 81.5 Å². The Morgan fingerprint density at radius 3 is 1.80 bits per heavy atom. The molecule has 0 fully saturated rings. The zero-order chi connectivity index (χ0) is 74.6. The minimum atomic E-state index is -2.37. The first-order valence-corrected chi connectivity index (χ1v) is 34.5. The van der Waals surface area contributed by atoms with Crippen LogP contribution in [0.3, 0.4) is 0 Å². The van der Waals surface area contributed by atoms with Crippen LogP contribution in [0.15, 0.2) is 219 Å². The van der Waals surface area contributed by atoms with Crippen molar-refractivity contribution >= 4 is 38.9 Å². The van der Waals surface area contributed by atoms with Gasteiger partial charge in [-0.05, 0) is 143 Å². The number of hydrogen-bond donors (Lipinski definition) is 0. The molecule has 0 N–H and O–H groups in total. The summed E-state index contributed by atoms with van der Waals surface area (Å²) in [5, 5.41) is 11.3. The molecule has 0 aliphatic carbocycles. The van der Waals surface area contributed by atoms with Crippen molar-refractivity contribution in [2.75, 3.05) is 27.6 Å². The molecular weight excluding hydrogens is 1870 g/mol. The number of pyridine rings is 2. The minimum absolute atomic E-state index is 0. The van der Waals surface area contributed by atoms with E-state index >= 15 is 0 Å². The summed E-state index contributed by atoms with van der Waals surface area (Å²) in [6.45, 7) is 19.6. The van der Waals surface area contributed by atoms with Gasteiger partial charge in [0.2, 0.25) is 0 Å². The Kier molecular flexibility index (Phi) is 21.4. The summed E-state index contributed by atoms with van der Waals surface area (Å²) in [6, 6.07) is 62.0. The van der Waals surface area contributed by atoms with Crippen LogP contribution in [-0.4, -0.2) is 103 Å². The normalized spacial score (nSPS) is 16.5. The molecule has 5 aromatic heterocycles. The Morgan fingerprint density at radius 2 is 1.14 bits per heavy atom. The van der Waals surface area contributed by atoms with Crippen LogP contribution in [0.1, 0.15) is 96.2 Å². The standard InChI is InChI=1S/C35H29N4O.C29H29N4O.C24H20N5O.3Pt/c1-35(2,3)25-17-18-36-33(21-25)39-30-13-6-5-12-28(30)29-16-15-27(22-31(29)39)40-26-11-9-10-24(20-26)32-23-38-19-8-7-14-34(38)37(32)4;1-20-14-21(2)33(30-20)24-16-23(29(3,4)5)17-26(18-24)34-25-11-9-10-22(15-25)27-19-31(6)28-12-7-8-13-32(27)28;1-17-11-18(2)29(26-17)20-13-22(15-25-14-20)30-21-8-6-7-19(12-21)23-16-28-10-5-4-9-24(28)27(23)3;;;/h5-19,21,34H,1-4H3;7-14,16-17,28H,1-6H3;4-9,11,14-15H,10H2,1-3H3;;;/q3*-3;;;/i4D3;;;;;. The van der Waals surface area contributed by atoms with Gasteiger partial charge < -0.3 is 53.2 Å². The number of likely N-dealkylation sites (N-methyl/N-ethyl adjacent to an activating group) is 2. The van der Waals surface area contributed by atoms with Gasteiger partial charge in [-0.3, -0.25) is 14.9 Å². The van der Waals surface area contributed by atoms with Crippen molar-refractivity contribution in [2.45, 2.75) is 92.4 Å². The molecule has 17 rings (SSSR count). The van der Waals surface area contributed by atoms with Gasteiger partial charge in [0.25, 0.3) is 0 Å². The first-order chi connectivity index (χ1) is 51.3. The summed E-state index contributed by atoms with van der Waals surface area (Å²) in [5.41, 5.74) is 14.5. The van der Waals surface area contributed by atoms with Crippen molar-refractivity contribution in [3.63, 3.8) is 0 Å². The quantitative estimate of drug-likeness (QED) is 0.108. The van der Waals surface area contributed by atoms with E-state index in [0.29, 0.717) is 45.8 Å². The fourth-order valence-corrected chi connectivity index (χ4v) is 13.1. The fraction of sp³-hybridized carbons (Fsp3) is 0.205. The van der Waals surface area contributed by atoms with Crippen LogP contribution in [0.5, 0.6) is 34.5 Å². The van der Waals surface area contributed by atoms with E-state index in [1.165, 1.54) is 10.5 Å². The average molecular weight is 1950 g/mol. The van der Waals surface area contributed by atoms with Gasteiger partial charge in [0, 0.05) is 137 Å². The molecule has 2 unspecified atom stereocenters. The maximum atomic E-state index is 8.18. The topological polar surface area (TPSA) is 113 Å². The van der Waals surface area contributed by atoms with Crippen LogP contribution in [0.2, 0.25) is 0 Å². The first kappa shape index (κ1) is 72.3. The van der Waals surface area contributed by atoms with Crippen LogP contribution in [-0.2, 0) is 74.0 Å². The third-order valence-electron chi connectivity index (χ3n) is 18.3. The molecule has 6 aliphatic heterocycles. The number of allylic oxidation sites excluding steroid dienone is 6. The molecule has 11 heterocycles. The van der Waals surface area contributed by atoms with Gasteiger partial charge in [0.15, 0.2) is 0 Å². The molecule has 19 heteroatoms. The molecule has 11 aromatic rings. The number of para-hydroxylation sites is 1. The molecule has 0 saturated heterocycles. The number of aryl methyl sites for hydroxylation is 4. The fourth-order valence-electron chi connectivity index (χ4n) is 13.1. The van der Waals surface area contributed by atoms with Crippen LogP contribution < -0.4 is 14.2 Å². The van der Waals surface area contributed by atoms with E-state index in [9.17, 15) is 0 Å². The van der Waals surface area contributed by atoms with Crippen molar-refractivity contribution in [3.05, 3.63) is 324 Å². The summed E-state index contributed by atoms with van der Waals surface area (Å²) in [5.74, 6) is 5.25. The van der Waals surface area contributed by atoms with Gasteiger partial charge in [-0.25, -0.2) is 22.2 Å². The summed E-state index contributed by atoms with van der Waals surface area (Å²) in [4.78, 5) is 20.6. The van der Waals surface area contributed by atoms with Crippen molar-refractivity contribution in [1.82, 2.24) is 63.5 Å². The summed E-state index contributed by atoms with van der Waals surface area (Å²) < 4.78 is 49.1. The van der Waals surface area contributed by atoms with Crippen molar-refractivity contribution in [1.29, 1.82) is 0 Å². The number of rotatable bonds is 12. The monoisotopic (exact) mass is 1950 g/mol. The molecule has 552 valence electrons. The zero-order valence-electron chi connectivity index (χ0n) is 64.1. The molecule has 0 amide bonds. The second-order valence-corrected chi connectivity index (χ2v) is 28.1. The van der Waals surface area contributed by atoms with Crippen LogP contribution in [0, 0.1) is 82.7 Å². The molecule has 0 saturated carbocycles. The number of aromatic nitrogens is 7. The number of hydrogen-bond acceptors (Lipinski definition) is 13. The molecular formula is C88H78N13O3Pt3-9. The molecule has 0 bridgehead atoms. The SMILES string of the molecule is Cc1cc(C)n(-c2[c-]c(Oc3[c-]c(C4=[C-]N(C)C5C=CC=CN45)ccc3)cc(C(C)(C)C)c2)n1.Cc1cc(C)n(-c2[c-]c(Oc3[c-]c(C4=[C-]N5CC=CC=C5N4C)ccc3)cnc2)n1.[2H]C([2H])([2H])N1C(c2[c-]c(Oc3[c-]c4c(cc3)c3ccccc3n4-c3cc(C(C)(C)C)ccn3)ccc2)=[C-]N2C=CC=CC21.[Pt].[Pt].[Pt]. The van der Waals surface area contributed by atoms with E-state index in [-0.39, 0.29) is 80.2 Å². The van der Waals surface area contributed by atoms with Crippen LogP contribution >= 0.6 is 0 Å². The summed E-state index contributed by atoms with van der Waals surface area (Å²) in [7, 11) is 4.06. The van der Waals surface area contributed by atoms with Gasteiger partial charge >= 0.3 is 0 Å². The Balaban J connectivity index is 0.000000154. The van der Waals surface area contributed by atoms with E-state index in [2.05, 4.69) is 222 Å². The third kappa shape index (κ3) is 16.1. The molecule has 0 radical (unpaired) electrons. The van der Waals surface area contributed by atoms with E-state index in [1.54, 1.807) is 28.0 Å². The van der Waals surface area contributed by atoms with E-state index in [0.717, 1.165) is 102 Å². The Morgan fingerprint density at radius 1 is 0.523 bits per heavy atom. The molecule has 6 aromatic carbocycles. The molecule has 2 atom stereocenters. The smallest absolute Gasteiger partial charge is 0.135 e. The number of ether oxygens (including phenoxy) is 3. The van der Waals surface area contributed by atoms with Gasteiger partial charge in [-0.2, -0.15) is 76.7 Å². The maximum absolute atomic E-state index is 8.18. The molecule has 107 heavy (non-hydrogen) atoms. The maximum Gasteiger partial charge on any atom is 0.135 e. The van der Waals surface area contributed by atoms with Crippen LogP contribution in [0.25, 0.3) is 56.1 Å². The third-order valence-corrected chi connectivity index (χ3v) is 18.3.